The first-order chi connectivity index (χ1) is 16.6. The van der Waals surface area contributed by atoms with Gasteiger partial charge < -0.3 is 9.84 Å². The van der Waals surface area contributed by atoms with Gasteiger partial charge in [0.05, 0.1) is 5.41 Å². The predicted octanol–water partition coefficient (Wildman–Crippen LogP) is 7.66. The van der Waals surface area contributed by atoms with Crippen LogP contribution in [-0.4, -0.2) is 23.1 Å². The van der Waals surface area contributed by atoms with Gasteiger partial charge in [0.15, 0.2) is 0 Å². The molecule has 202 valence electrons. The van der Waals surface area contributed by atoms with Crippen molar-refractivity contribution < 1.29 is 19.4 Å². The molecule has 5 aliphatic carbocycles. The average molecular weight is 499 g/mol. The summed E-state index contributed by atoms with van der Waals surface area (Å²) in [6, 6.07) is 0. The fraction of sp³-hybridized carbons (Fsp3) is 0.875. The summed E-state index contributed by atoms with van der Waals surface area (Å²) >= 11 is 0. The molecule has 0 aromatic heterocycles. The van der Waals surface area contributed by atoms with E-state index in [0.717, 1.165) is 44.9 Å². The second-order valence-corrected chi connectivity index (χ2v) is 15.1. The van der Waals surface area contributed by atoms with Crippen molar-refractivity contribution in [3.05, 3.63) is 12.2 Å². The summed E-state index contributed by atoms with van der Waals surface area (Å²) in [7, 11) is 0. The molecule has 0 heterocycles. The normalized spacial score (nSPS) is 51.2. The topological polar surface area (TPSA) is 63.6 Å². The van der Waals surface area contributed by atoms with Gasteiger partial charge in [0.2, 0.25) is 0 Å². The van der Waals surface area contributed by atoms with Crippen LogP contribution in [0.4, 0.5) is 0 Å². The van der Waals surface area contributed by atoms with E-state index in [0.29, 0.717) is 23.7 Å². The van der Waals surface area contributed by atoms with Crippen molar-refractivity contribution in [1.82, 2.24) is 0 Å². The van der Waals surface area contributed by atoms with Crippen molar-refractivity contribution in [2.45, 2.75) is 119 Å². The van der Waals surface area contributed by atoms with Crippen LogP contribution in [0.1, 0.15) is 113 Å². The van der Waals surface area contributed by atoms with Crippen LogP contribution in [0.3, 0.4) is 0 Å². The Morgan fingerprint density at radius 1 is 0.806 bits per heavy atom. The molecule has 0 saturated heterocycles. The van der Waals surface area contributed by atoms with E-state index < -0.39 is 11.4 Å². The maximum absolute atomic E-state index is 12.8. The Hall–Kier alpha value is -1.32. The molecule has 4 nitrogen and oxygen atoms in total. The lowest BCUT2D eigenvalue weighted by Crippen LogP contribution is -2.67. The molecule has 0 amide bonds. The Balaban J connectivity index is 1.52. The number of carboxylic acids is 1. The van der Waals surface area contributed by atoms with Gasteiger partial charge in [-0.15, -0.1) is 0 Å². The van der Waals surface area contributed by atoms with Gasteiger partial charge in [-0.3, -0.25) is 9.59 Å². The summed E-state index contributed by atoms with van der Waals surface area (Å²) in [5.74, 6) is 1.49. The molecule has 36 heavy (non-hydrogen) atoms. The van der Waals surface area contributed by atoms with Gasteiger partial charge >= 0.3 is 11.9 Å². The van der Waals surface area contributed by atoms with E-state index in [1.54, 1.807) is 6.92 Å². The second kappa shape index (κ2) is 8.09. The number of carbonyl (C=O) groups is 2. The third-order valence-electron chi connectivity index (χ3n) is 13.7. The summed E-state index contributed by atoms with van der Waals surface area (Å²) in [5, 5.41) is 10.5. The first-order valence-corrected chi connectivity index (χ1v) is 14.7. The van der Waals surface area contributed by atoms with Crippen molar-refractivity contribution in [1.29, 1.82) is 0 Å². The highest BCUT2D eigenvalue weighted by atomic mass is 16.5. The molecule has 0 bridgehead atoms. The number of hydrogen-bond acceptors (Lipinski definition) is 3. The highest BCUT2D eigenvalue weighted by Crippen LogP contribution is 2.77. The Bertz CT molecular complexity index is 967. The van der Waals surface area contributed by atoms with Crippen LogP contribution >= 0.6 is 0 Å². The Morgan fingerprint density at radius 3 is 2.11 bits per heavy atom. The van der Waals surface area contributed by atoms with Crippen molar-refractivity contribution in [3.63, 3.8) is 0 Å². The molecule has 5 aliphatic rings. The van der Waals surface area contributed by atoms with E-state index in [1.807, 2.05) is 0 Å². The maximum atomic E-state index is 12.8. The van der Waals surface area contributed by atoms with Crippen molar-refractivity contribution >= 4 is 11.9 Å². The van der Waals surface area contributed by atoms with E-state index in [1.165, 1.54) is 24.8 Å². The largest absolute Gasteiger partial charge is 0.481 e. The molecule has 5 rings (SSSR count). The number of allylic oxidation sites excluding steroid dienone is 1. The van der Waals surface area contributed by atoms with Gasteiger partial charge in [0.25, 0.3) is 0 Å². The standard InChI is InChI=1S/C32H50O4/c1-19(2)21-11-16-32(27(34)35)18-17-30(7)22(26(21)32)9-10-24-29(6)14-13-25(36-20(3)33)28(4,5)23(29)12-15-31(24,30)8/h21-26H,1,9-18H2,2-8H3,(H,34,35)/t21-,22-,23-,24+,25-,26-,29-,30+,31+,32-/m0/s1. The van der Waals surface area contributed by atoms with E-state index in [4.69, 9.17) is 4.74 Å². The van der Waals surface area contributed by atoms with Crippen molar-refractivity contribution in [2.75, 3.05) is 0 Å². The fourth-order valence-corrected chi connectivity index (χ4v) is 11.9. The third kappa shape index (κ3) is 3.17. The summed E-state index contributed by atoms with van der Waals surface area (Å²) < 4.78 is 5.88. The van der Waals surface area contributed by atoms with Crippen molar-refractivity contribution in [2.24, 2.45) is 56.7 Å². The monoisotopic (exact) mass is 498 g/mol. The van der Waals surface area contributed by atoms with Crippen LogP contribution in [-0.2, 0) is 14.3 Å². The highest BCUT2D eigenvalue weighted by Gasteiger charge is 2.72. The van der Waals surface area contributed by atoms with Gasteiger partial charge in [-0.25, -0.2) is 0 Å². The highest BCUT2D eigenvalue weighted by molar-refractivity contribution is 5.76. The zero-order chi connectivity index (χ0) is 26.5. The number of esters is 1. The molecule has 0 radical (unpaired) electrons. The van der Waals surface area contributed by atoms with E-state index >= 15 is 0 Å². The molecule has 1 N–H and O–H groups in total. The molecule has 0 aliphatic heterocycles. The molecule has 10 atom stereocenters. The van der Waals surface area contributed by atoms with Gasteiger partial charge in [-0.05, 0) is 117 Å². The number of rotatable bonds is 3. The number of carbonyl (C=O) groups excluding carboxylic acids is 1. The molecule has 0 spiro atoms. The quantitative estimate of drug-likeness (QED) is 0.320. The number of carboxylic acid groups (broad SMARTS) is 1. The van der Waals surface area contributed by atoms with Crippen LogP contribution < -0.4 is 0 Å². The molecular weight excluding hydrogens is 448 g/mol. The van der Waals surface area contributed by atoms with Crippen LogP contribution in [0.15, 0.2) is 12.2 Å². The first kappa shape index (κ1) is 26.3. The maximum Gasteiger partial charge on any atom is 0.309 e. The third-order valence-corrected chi connectivity index (χ3v) is 13.7. The predicted molar refractivity (Wildman–Crippen MR) is 142 cm³/mol. The lowest BCUT2D eigenvalue weighted by molar-refractivity contribution is -0.250. The fourth-order valence-electron chi connectivity index (χ4n) is 11.9. The van der Waals surface area contributed by atoms with Crippen LogP contribution in [0, 0.1) is 56.7 Å². The smallest absolute Gasteiger partial charge is 0.309 e. The minimum Gasteiger partial charge on any atom is -0.481 e. The van der Waals surface area contributed by atoms with Gasteiger partial charge in [-0.2, -0.15) is 0 Å². The summed E-state index contributed by atoms with van der Waals surface area (Å²) in [6.45, 7) is 20.4. The molecule has 5 fully saturated rings. The Kier molecular flexibility index (Phi) is 5.91. The number of ether oxygens (including phenoxy) is 1. The molecular formula is C32H50O4. The molecule has 0 aromatic carbocycles. The number of hydrogen-bond donors (Lipinski definition) is 1. The first-order valence-electron chi connectivity index (χ1n) is 14.7. The summed E-state index contributed by atoms with van der Waals surface area (Å²) in [4.78, 5) is 24.7. The van der Waals surface area contributed by atoms with E-state index in [-0.39, 0.29) is 39.7 Å². The van der Waals surface area contributed by atoms with Crippen molar-refractivity contribution in [3.8, 4) is 0 Å². The van der Waals surface area contributed by atoms with Gasteiger partial charge in [-0.1, -0.05) is 46.8 Å². The Morgan fingerprint density at radius 2 is 1.50 bits per heavy atom. The molecule has 5 saturated carbocycles. The minimum absolute atomic E-state index is 0.00466. The molecule has 0 aromatic rings. The van der Waals surface area contributed by atoms with E-state index in [9.17, 15) is 14.7 Å². The summed E-state index contributed by atoms with van der Waals surface area (Å²) in [6.07, 6.45) is 10.5. The van der Waals surface area contributed by atoms with Crippen LogP contribution in [0.2, 0.25) is 0 Å². The molecule has 4 heteroatoms. The lowest BCUT2D eigenvalue weighted by Gasteiger charge is -2.72. The van der Waals surface area contributed by atoms with Gasteiger partial charge in [0.1, 0.15) is 6.10 Å². The molecule has 0 unspecified atom stereocenters. The SMILES string of the molecule is C=C(C)[C@@H]1CC[C@]2(C(=O)O)CC[C@]3(C)[C@@H](CC[C@@H]4[C@@]5(C)CC[C@H](OC(C)=O)C(C)(C)[C@@H]5CC[C@]43C)[C@H]12. The summed E-state index contributed by atoms with van der Waals surface area (Å²) in [5.41, 5.74) is 1.20. The van der Waals surface area contributed by atoms with Crippen LogP contribution in [0.25, 0.3) is 0 Å². The zero-order valence-electron chi connectivity index (χ0n) is 23.9. The number of aliphatic carboxylic acids is 1. The Labute approximate surface area is 219 Å². The van der Waals surface area contributed by atoms with Crippen LogP contribution in [0.5, 0.6) is 0 Å². The minimum atomic E-state index is -0.553. The van der Waals surface area contributed by atoms with Gasteiger partial charge in [0, 0.05) is 12.3 Å². The lowest BCUT2D eigenvalue weighted by atomic mass is 9.32. The number of fused-ring (bicyclic) bond motifs is 7. The average Bonchev–Trinajstić information content (AvgIpc) is 3.17. The van der Waals surface area contributed by atoms with E-state index in [2.05, 4.69) is 48.1 Å². The zero-order valence-corrected chi connectivity index (χ0v) is 23.9. The second-order valence-electron chi connectivity index (χ2n) is 15.1.